The Kier molecular flexibility index (Phi) is 3.22. The van der Waals surface area contributed by atoms with E-state index >= 15 is 0 Å². The van der Waals surface area contributed by atoms with E-state index in [1.165, 1.54) is 6.42 Å². The normalized spacial score (nSPS) is 61.6. The van der Waals surface area contributed by atoms with Crippen LogP contribution in [-0.2, 0) is 4.79 Å². The average molecular weight is 320 g/mol. The van der Waals surface area contributed by atoms with Crippen molar-refractivity contribution < 1.29 is 15.0 Å². The molecule has 1 spiro atoms. The lowest BCUT2D eigenvalue weighted by atomic mass is 9.39. The highest BCUT2D eigenvalue weighted by Gasteiger charge is 2.69. The van der Waals surface area contributed by atoms with Crippen LogP contribution in [0.4, 0.5) is 0 Å². The average Bonchev–Trinajstić information content (AvgIpc) is 2.87. The van der Waals surface area contributed by atoms with Crippen LogP contribution in [0.25, 0.3) is 0 Å². The van der Waals surface area contributed by atoms with Crippen LogP contribution in [0.2, 0.25) is 0 Å². The maximum atomic E-state index is 12.0. The molecule has 0 saturated heterocycles. The third-order valence-electron chi connectivity index (χ3n) is 9.29. The van der Waals surface area contributed by atoms with Crippen molar-refractivity contribution in [2.24, 2.45) is 34.0 Å². The van der Waals surface area contributed by atoms with Crippen molar-refractivity contribution in [2.45, 2.75) is 83.8 Å². The molecule has 0 aromatic rings. The van der Waals surface area contributed by atoms with Gasteiger partial charge in [-0.05, 0) is 86.9 Å². The van der Waals surface area contributed by atoms with Gasteiger partial charge in [0, 0.05) is 0 Å². The first-order valence-corrected chi connectivity index (χ1v) is 9.56. The number of carbonyl (C=O) groups is 1. The molecule has 3 nitrogen and oxygen atoms in total. The summed E-state index contributed by atoms with van der Waals surface area (Å²) in [5.74, 6) is 1.41. The van der Waals surface area contributed by atoms with Crippen LogP contribution < -0.4 is 0 Å². The van der Waals surface area contributed by atoms with E-state index < -0.39 is 17.1 Å². The van der Waals surface area contributed by atoms with Crippen LogP contribution in [0.3, 0.4) is 0 Å². The molecule has 4 fully saturated rings. The van der Waals surface area contributed by atoms with Gasteiger partial charge in [-0.15, -0.1) is 0 Å². The first kappa shape index (κ1) is 16.1. The Morgan fingerprint density at radius 3 is 2.43 bits per heavy atom. The van der Waals surface area contributed by atoms with Crippen LogP contribution in [0.1, 0.15) is 72.1 Å². The van der Waals surface area contributed by atoms with Crippen molar-refractivity contribution in [3.05, 3.63) is 0 Å². The Bertz CT molecular complexity index is 529. The van der Waals surface area contributed by atoms with Gasteiger partial charge >= 0.3 is 0 Å². The first-order chi connectivity index (χ1) is 10.7. The number of hydrogen-bond acceptors (Lipinski definition) is 3. The van der Waals surface area contributed by atoms with Crippen molar-refractivity contribution in [3.8, 4) is 0 Å². The van der Waals surface area contributed by atoms with Gasteiger partial charge in [0.2, 0.25) is 0 Å². The maximum absolute atomic E-state index is 12.0. The maximum Gasteiger partial charge on any atom is 0.128 e. The van der Waals surface area contributed by atoms with Crippen LogP contribution in [0, 0.1) is 34.0 Å². The van der Waals surface area contributed by atoms with E-state index in [9.17, 15) is 15.0 Å². The zero-order valence-electron chi connectivity index (χ0n) is 14.8. The highest BCUT2D eigenvalue weighted by Crippen LogP contribution is 2.75. The number of aldehydes is 1. The largest absolute Gasteiger partial charge is 0.392 e. The van der Waals surface area contributed by atoms with Crippen molar-refractivity contribution >= 4 is 6.29 Å². The fraction of sp³-hybridized carbons (Fsp3) is 0.950. The van der Waals surface area contributed by atoms with E-state index in [0.717, 1.165) is 51.2 Å². The van der Waals surface area contributed by atoms with Gasteiger partial charge in [0.25, 0.3) is 0 Å². The molecule has 0 heterocycles. The van der Waals surface area contributed by atoms with Crippen LogP contribution >= 0.6 is 0 Å². The molecular formula is C20H32O3. The second-order valence-electron chi connectivity index (χ2n) is 9.93. The summed E-state index contributed by atoms with van der Waals surface area (Å²) < 4.78 is 0. The molecule has 4 aliphatic rings. The minimum atomic E-state index is -0.592. The van der Waals surface area contributed by atoms with Crippen molar-refractivity contribution in [1.29, 1.82) is 0 Å². The number of rotatable bonds is 1. The standard InChI is InChI=1S/C20H32O3/c1-17(12-21)15-5-4-13-10-14-11-20(13,9-8-19(14,3)23)18(15,2)7-6-16(17)22/h12-16,22-23H,4-11H2,1-3H3/t13-,14+,15-,16+,17-,18-,19+,20-/m0/s1. The quantitative estimate of drug-likeness (QED) is 0.729. The Balaban J connectivity index is 1.78. The molecule has 4 saturated carbocycles. The van der Waals surface area contributed by atoms with E-state index in [2.05, 4.69) is 6.92 Å². The molecular weight excluding hydrogens is 288 g/mol. The molecule has 0 aromatic carbocycles. The minimum Gasteiger partial charge on any atom is -0.392 e. The molecule has 4 aliphatic carbocycles. The second kappa shape index (κ2) is 4.60. The number of hydrogen-bond donors (Lipinski definition) is 2. The highest BCUT2D eigenvalue weighted by molar-refractivity contribution is 5.61. The van der Waals surface area contributed by atoms with Crippen LogP contribution in [-0.4, -0.2) is 28.2 Å². The summed E-state index contributed by atoms with van der Waals surface area (Å²) in [6.45, 7) is 6.44. The molecule has 0 aliphatic heterocycles. The van der Waals surface area contributed by atoms with Crippen molar-refractivity contribution in [3.63, 3.8) is 0 Å². The third-order valence-corrected chi connectivity index (χ3v) is 9.29. The van der Waals surface area contributed by atoms with Gasteiger partial charge in [-0.2, -0.15) is 0 Å². The van der Waals surface area contributed by atoms with E-state index in [0.29, 0.717) is 11.8 Å². The summed E-state index contributed by atoms with van der Waals surface area (Å²) in [5, 5.41) is 21.3. The molecule has 4 rings (SSSR count). The SMILES string of the molecule is C[C@@]1(C=O)[C@H](O)CC[C@@]2(C)[C@H]1CC[C@H]1C[C@@H]3C[C@@]12CC[C@@]3(C)O. The lowest BCUT2D eigenvalue weighted by Gasteiger charge is -2.65. The summed E-state index contributed by atoms with van der Waals surface area (Å²) in [7, 11) is 0. The molecule has 2 N–H and O–H groups in total. The van der Waals surface area contributed by atoms with Gasteiger partial charge in [-0.3, -0.25) is 0 Å². The monoisotopic (exact) mass is 320 g/mol. The van der Waals surface area contributed by atoms with Crippen molar-refractivity contribution in [1.82, 2.24) is 0 Å². The predicted octanol–water partition coefficient (Wildman–Crippen LogP) is 3.32. The summed E-state index contributed by atoms with van der Waals surface area (Å²) in [5.41, 5.74) is -0.676. The number of aliphatic hydroxyl groups excluding tert-OH is 1. The zero-order chi connectivity index (χ0) is 16.7. The molecule has 0 radical (unpaired) electrons. The Hall–Kier alpha value is -0.410. The number of aliphatic hydroxyl groups is 2. The molecule has 2 bridgehead atoms. The zero-order valence-corrected chi connectivity index (χ0v) is 14.8. The lowest BCUT2D eigenvalue weighted by molar-refractivity contribution is -0.199. The summed E-state index contributed by atoms with van der Waals surface area (Å²) in [4.78, 5) is 12.0. The first-order valence-electron chi connectivity index (χ1n) is 9.56. The Morgan fingerprint density at radius 1 is 1.00 bits per heavy atom. The van der Waals surface area contributed by atoms with E-state index in [1.54, 1.807) is 0 Å². The minimum absolute atomic E-state index is 0.135. The summed E-state index contributed by atoms with van der Waals surface area (Å²) >= 11 is 0. The smallest absolute Gasteiger partial charge is 0.128 e. The van der Waals surface area contributed by atoms with Gasteiger partial charge in [0.1, 0.15) is 6.29 Å². The molecule has 0 unspecified atom stereocenters. The molecule has 23 heavy (non-hydrogen) atoms. The topological polar surface area (TPSA) is 57.5 Å². The Labute approximate surface area is 139 Å². The fourth-order valence-corrected chi connectivity index (χ4v) is 7.69. The van der Waals surface area contributed by atoms with E-state index in [-0.39, 0.29) is 16.7 Å². The molecule has 3 heteroatoms. The Morgan fingerprint density at radius 2 is 1.74 bits per heavy atom. The van der Waals surface area contributed by atoms with Crippen LogP contribution in [0.5, 0.6) is 0 Å². The highest BCUT2D eigenvalue weighted by atomic mass is 16.3. The van der Waals surface area contributed by atoms with Gasteiger partial charge in [0.15, 0.2) is 0 Å². The van der Waals surface area contributed by atoms with Gasteiger partial charge in [-0.1, -0.05) is 13.8 Å². The third kappa shape index (κ3) is 1.76. The van der Waals surface area contributed by atoms with E-state index in [1.807, 2.05) is 13.8 Å². The molecule has 130 valence electrons. The van der Waals surface area contributed by atoms with Gasteiger partial charge < -0.3 is 15.0 Å². The predicted molar refractivity (Wildman–Crippen MR) is 88.7 cm³/mol. The summed E-state index contributed by atoms with van der Waals surface area (Å²) in [6, 6.07) is 0. The van der Waals surface area contributed by atoms with Crippen molar-refractivity contribution in [2.75, 3.05) is 0 Å². The number of carbonyl (C=O) groups excluding carboxylic acids is 1. The van der Waals surface area contributed by atoms with Gasteiger partial charge in [-0.25, -0.2) is 0 Å². The lowest BCUT2D eigenvalue weighted by Crippen LogP contribution is -2.62. The molecule has 0 aromatic heterocycles. The van der Waals surface area contributed by atoms with Gasteiger partial charge in [0.05, 0.1) is 17.1 Å². The molecule has 8 atom stereocenters. The fourth-order valence-electron chi connectivity index (χ4n) is 7.69. The summed E-state index contributed by atoms with van der Waals surface area (Å²) in [6.07, 6.45) is 8.87. The van der Waals surface area contributed by atoms with Crippen LogP contribution in [0.15, 0.2) is 0 Å². The van der Waals surface area contributed by atoms with E-state index in [4.69, 9.17) is 0 Å². The second-order valence-corrected chi connectivity index (χ2v) is 9.93. The molecule has 0 amide bonds. The number of fused-ring (bicyclic) bond motifs is 2.